The Morgan fingerprint density at radius 3 is 2.59 bits per heavy atom. The first kappa shape index (κ1) is 18.1. The molecule has 3 aromatic rings. The fourth-order valence-electron chi connectivity index (χ4n) is 3.59. The van der Waals surface area contributed by atoms with Crippen molar-refractivity contribution in [3.63, 3.8) is 0 Å². The van der Waals surface area contributed by atoms with Crippen LogP contribution in [-0.4, -0.2) is 39.7 Å². The molecule has 2 aromatic heterocycles. The molecule has 0 spiro atoms. The van der Waals surface area contributed by atoms with Gasteiger partial charge in [-0.2, -0.15) is 0 Å². The molecule has 3 heterocycles. The van der Waals surface area contributed by atoms with Gasteiger partial charge < -0.3 is 10.2 Å². The van der Waals surface area contributed by atoms with Gasteiger partial charge in [0.2, 0.25) is 5.13 Å². The van der Waals surface area contributed by atoms with Crippen LogP contribution in [0.4, 0.5) is 10.9 Å². The van der Waals surface area contributed by atoms with Crippen LogP contribution in [0, 0.1) is 6.92 Å². The highest BCUT2D eigenvalue weighted by atomic mass is 32.1. The van der Waals surface area contributed by atoms with E-state index in [0.717, 1.165) is 42.0 Å². The van der Waals surface area contributed by atoms with Crippen LogP contribution >= 0.6 is 11.3 Å². The molecule has 1 saturated heterocycles. The first-order chi connectivity index (χ1) is 13.3. The van der Waals surface area contributed by atoms with E-state index in [4.69, 9.17) is 4.98 Å². The summed E-state index contributed by atoms with van der Waals surface area (Å²) in [5.41, 5.74) is 2.61. The van der Waals surface area contributed by atoms with Gasteiger partial charge in [0, 0.05) is 18.2 Å². The van der Waals surface area contributed by atoms with E-state index in [-0.39, 0.29) is 0 Å². The number of benzene rings is 1. The lowest BCUT2D eigenvalue weighted by Crippen LogP contribution is -2.34. The number of nitrogens with one attached hydrogen (secondary N) is 1. The zero-order valence-electron chi connectivity index (χ0n) is 15.6. The number of hydrogen-bond donors (Lipinski definition) is 1. The number of anilines is 2. The molecule has 1 fully saturated rings. The fourth-order valence-corrected chi connectivity index (χ4v) is 4.19. The van der Waals surface area contributed by atoms with E-state index in [0.29, 0.717) is 5.92 Å². The summed E-state index contributed by atoms with van der Waals surface area (Å²) in [7, 11) is 0. The van der Waals surface area contributed by atoms with Gasteiger partial charge in [-0.05, 0) is 57.0 Å². The monoisotopic (exact) mass is 379 g/mol. The minimum atomic E-state index is 0.538. The van der Waals surface area contributed by atoms with Crippen molar-refractivity contribution in [1.82, 2.24) is 20.1 Å². The summed E-state index contributed by atoms with van der Waals surface area (Å²) < 4.78 is 0. The molecular formula is C21H25N5S. The minimum absolute atomic E-state index is 0.538. The molecule has 27 heavy (non-hydrogen) atoms. The van der Waals surface area contributed by atoms with Crippen molar-refractivity contribution < 1.29 is 0 Å². The van der Waals surface area contributed by atoms with Crippen molar-refractivity contribution in [2.24, 2.45) is 0 Å². The van der Waals surface area contributed by atoms with Gasteiger partial charge in [-0.15, -0.1) is 10.2 Å². The molecule has 5 nitrogen and oxygen atoms in total. The van der Waals surface area contributed by atoms with Gasteiger partial charge in [0.25, 0.3) is 0 Å². The van der Waals surface area contributed by atoms with Gasteiger partial charge in [-0.1, -0.05) is 47.7 Å². The summed E-state index contributed by atoms with van der Waals surface area (Å²) in [5, 5.41) is 13.2. The third-order valence-corrected chi connectivity index (χ3v) is 5.85. The predicted molar refractivity (Wildman–Crippen MR) is 111 cm³/mol. The van der Waals surface area contributed by atoms with Crippen LogP contribution in [0.1, 0.15) is 35.0 Å². The van der Waals surface area contributed by atoms with E-state index in [9.17, 15) is 0 Å². The number of aryl methyl sites for hydroxylation is 1. The summed E-state index contributed by atoms with van der Waals surface area (Å²) in [6.07, 6.45) is 3.47. The van der Waals surface area contributed by atoms with Gasteiger partial charge >= 0.3 is 0 Å². The topological polar surface area (TPSA) is 53.9 Å². The average molecular weight is 380 g/mol. The Morgan fingerprint density at radius 1 is 1.04 bits per heavy atom. The van der Waals surface area contributed by atoms with Gasteiger partial charge in [-0.25, -0.2) is 4.98 Å². The van der Waals surface area contributed by atoms with E-state index in [1.54, 1.807) is 11.3 Å². The van der Waals surface area contributed by atoms with E-state index in [1.165, 1.54) is 24.1 Å². The molecule has 0 aliphatic carbocycles. The van der Waals surface area contributed by atoms with E-state index in [1.807, 2.05) is 13.0 Å². The summed E-state index contributed by atoms with van der Waals surface area (Å²) in [6, 6.07) is 17.0. The quantitative estimate of drug-likeness (QED) is 0.688. The van der Waals surface area contributed by atoms with Crippen LogP contribution in [0.5, 0.6) is 0 Å². The Labute approximate surface area is 164 Å². The van der Waals surface area contributed by atoms with Crippen molar-refractivity contribution in [3.05, 3.63) is 64.8 Å². The van der Waals surface area contributed by atoms with Crippen molar-refractivity contribution >= 4 is 22.3 Å². The highest BCUT2D eigenvalue weighted by molar-refractivity contribution is 7.15. The smallest absolute Gasteiger partial charge is 0.211 e. The molecule has 0 bridgehead atoms. The van der Waals surface area contributed by atoms with Gasteiger partial charge in [0.1, 0.15) is 10.8 Å². The standard InChI is InChI=1S/C21H25N5S/c1-16-24-25-21(27-16)23-20-9-5-8-19(22-20)18-11-14-26(15-12-18)13-10-17-6-3-2-4-7-17/h2-9,18H,10-15H2,1H3,(H,22,23,25). The summed E-state index contributed by atoms with van der Waals surface area (Å²) in [4.78, 5) is 7.41. The van der Waals surface area contributed by atoms with E-state index < -0.39 is 0 Å². The number of piperidine rings is 1. The molecule has 140 valence electrons. The molecule has 0 unspecified atom stereocenters. The van der Waals surface area contributed by atoms with Crippen LogP contribution in [0.3, 0.4) is 0 Å². The lowest BCUT2D eigenvalue weighted by atomic mass is 9.93. The number of likely N-dealkylation sites (tertiary alicyclic amines) is 1. The molecule has 0 radical (unpaired) electrons. The summed E-state index contributed by atoms with van der Waals surface area (Å²) in [5.74, 6) is 1.39. The second kappa shape index (κ2) is 8.59. The highest BCUT2D eigenvalue weighted by Crippen LogP contribution is 2.28. The zero-order valence-corrected chi connectivity index (χ0v) is 16.5. The van der Waals surface area contributed by atoms with Crippen LogP contribution in [0.15, 0.2) is 48.5 Å². The van der Waals surface area contributed by atoms with Crippen molar-refractivity contribution in [1.29, 1.82) is 0 Å². The Hall–Kier alpha value is -2.31. The van der Waals surface area contributed by atoms with Crippen LogP contribution in [0.2, 0.25) is 0 Å². The third-order valence-electron chi connectivity index (χ3n) is 5.10. The van der Waals surface area contributed by atoms with Gasteiger partial charge in [-0.3, -0.25) is 0 Å². The Balaban J connectivity index is 1.31. The molecule has 6 heteroatoms. The lowest BCUT2D eigenvalue weighted by Gasteiger charge is -2.31. The van der Waals surface area contributed by atoms with E-state index >= 15 is 0 Å². The first-order valence-electron chi connectivity index (χ1n) is 9.56. The first-order valence-corrected chi connectivity index (χ1v) is 10.4. The molecule has 1 aromatic carbocycles. The fraction of sp³-hybridized carbons (Fsp3) is 0.381. The van der Waals surface area contributed by atoms with E-state index in [2.05, 4.69) is 62.9 Å². The highest BCUT2D eigenvalue weighted by Gasteiger charge is 2.21. The molecule has 0 atom stereocenters. The molecule has 4 rings (SSSR count). The maximum Gasteiger partial charge on any atom is 0.211 e. The van der Waals surface area contributed by atoms with Crippen molar-refractivity contribution in [3.8, 4) is 0 Å². The normalized spacial score (nSPS) is 15.7. The number of rotatable bonds is 6. The number of hydrogen-bond acceptors (Lipinski definition) is 6. The van der Waals surface area contributed by atoms with Gasteiger partial charge in [0.05, 0.1) is 0 Å². The Kier molecular flexibility index (Phi) is 5.75. The third kappa shape index (κ3) is 4.90. The van der Waals surface area contributed by atoms with Gasteiger partial charge in [0.15, 0.2) is 0 Å². The lowest BCUT2D eigenvalue weighted by molar-refractivity contribution is 0.213. The Bertz CT molecular complexity index is 856. The maximum atomic E-state index is 4.83. The van der Waals surface area contributed by atoms with Crippen LogP contribution in [-0.2, 0) is 6.42 Å². The molecule has 1 N–H and O–H groups in total. The maximum absolute atomic E-state index is 4.83. The van der Waals surface area contributed by atoms with Crippen molar-refractivity contribution in [2.45, 2.75) is 32.1 Å². The molecule has 0 saturated carbocycles. The zero-order chi connectivity index (χ0) is 18.5. The molecule has 1 aliphatic heterocycles. The SMILES string of the molecule is Cc1nnc(Nc2cccc(C3CCN(CCc4ccccc4)CC3)n2)s1. The summed E-state index contributed by atoms with van der Waals surface area (Å²) in [6.45, 7) is 5.39. The second-order valence-electron chi connectivity index (χ2n) is 7.05. The average Bonchev–Trinajstić information content (AvgIpc) is 3.12. The number of nitrogens with zero attached hydrogens (tertiary/aromatic N) is 4. The number of aromatic nitrogens is 3. The van der Waals surface area contributed by atoms with Crippen LogP contribution < -0.4 is 5.32 Å². The molecular weight excluding hydrogens is 354 g/mol. The Morgan fingerprint density at radius 2 is 1.85 bits per heavy atom. The van der Waals surface area contributed by atoms with Crippen LogP contribution in [0.25, 0.3) is 0 Å². The predicted octanol–water partition coefficient (Wildman–Crippen LogP) is 4.41. The van der Waals surface area contributed by atoms with Crippen molar-refractivity contribution in [2.75, 3.05) is 25.0 Å². The minimum Gasteiger partial charge on any atom is -0.315 e. The summed E-state index contributed by atoms with van der Waals surface area (Å²) >= 11 is 1.55. The number of pyridine rings is 1. The largest absolute Gasteiger partial charge is 0.315 e. The second-order valence-corrected chi connectivity index (χ2v) is 8.23. The molecule has 1 aliphatic rings. The molecule has 0 amide bonds.